The van der Waals surface area contributed by atoms with Crippen LogP contribution in [0.3, 0.4) is 0 Å². The number of hydrogen-bond donors (Lipinski definition) is 2. The van der Waals surface area contributed by atoms with Gasteiger partial charge in [-0.05, 0) is 59.9 Å². The summed E-state index contributed by atoms with van der Waals surface area (Å²) >= 11 is 0. The molecule has 3 aromatic rings. The quantitative estimate of drug-likeness (QED) is 0.637. The zero-order chi connectivity index (χ0) is 21.3. The van der Waals surface area contributed by atoms with E-state index in [0.29, 0.717) is 24.2 Å². The van der Waals surface area contributed by atoms with Crippen LogP contribution < -0.4 is 10.5 Å². The fourth-order valence-electron chi connectivity index (χ4n) is 3.93. The van der Waals surface area contributed by atoms with Crippen molar-refractivity contribution in [3.05, 3.63) is 77.6 Å². The summed E-state index contributed by atoms with van der Waals surface area (Å²) in [6.07, 6.45) is 4.35. The maximum absolute atomic E-state index is 12.6. The molecule has 1 aliphatic heterocycles. The Balaban J connectivity index is 1.81. The van der Waals surface area contributed by atoms with Crippen LogP contribution in [0.1, 0.15) is 29.5 Å². The van der Waals surface area contributed by atoms with Crippen LogP contribution in [0.15, 0.2) is 65.9 Å². The lowest BCUT2D eigenvalue weighted by Gasteiger charge is -2.28. The highest BCUT2D eigenvalue weighted by Gasteiger charge is 2.38. The molecule has 0 saturated carbocycles. The van der Waals surface area contributed by atoms with E-state index in [0.717, 1.165) is 22.3 Å². The maximum atomic E-state index is 12.6. The van der Waals surface area contributed by atoms with E-state index in [1.165, 1.54) is 6.20 Å². The van der Waals surface area contributed by atoms with E-state index in [9.17, 15) is 13.9 Å². The van der Waals surface area contributed by atoms with Crippen molar-refractivity contribution in [2.75, 3.05) is 0 Å². The van der Waals surface area contributed by atoms with Gasteiger partial charge in [0.2, 0.25) is 0 Å². The van der Waals surface area contributed by atoms with Gasteiger partial charge in [-0.15, -0.1) is 0 Å². The normalized spacial score (nSPS) is 18.5. The SMILES string of the molecule is Cc1cc(C2(c3cccc(-c4cncc(O)c4)c3)CCC(N)=N2)ccc1OC(F)F. The molecule has 5 nitrogen and oxygen atoms in total. The van der Waals surface area contributed by atoms with Crippen LogP contribution in [-0.2, 0) is 5.54 Å². The highest BCUT2D eigenvalue weighted by atomic mass is 19.3. The van der Waals surface area contributed by atoms with Gasteiger partial charge in [0, 0.05) is 18.2 Å². The van der Waals surface area contributed by atoms with Crippen molar-refractivity contribution in [3.8, 4) is 22.6 Å². The van der Waals surface area contributed by atoms with Gasteiger partial charge in [-0.1, -0.05) is 24.3 Å². The van der Waals surface area contributed by atoms with Crippen molar-refractivity contribution in [2.24, 2.45) is 10.7 Å². The number of amidine groups is 1. The number of alkyl halides is 2. The van der Waals surface area contributed by atoms with Crippen LogP contribution in [0.4, 0.5) is 8.78 Å². The molecule has 1 unspecified atom stereocenters. The lowest BCUT2D eigenvalue weighted by Crippen LogP contribution is -2.23. The van der Waals surface area contributed by atoms with Crippen molar-refractivity contribution >= 4 is 5.84 Å². The topological polar surface area (TPSA) is 80.7 Å². The molecule has 0 fully saturated rings. The molecule has 0 saturated heterocycles. The number of hydrogen-bond acceptors (Lipinski definition) is 5. The van der Waals surface area contributed by atoms with E-state index in [1.807, 2.05) is 30.3 Å². The minimum atomic E-state index is -2.88. The molecule has 2 heterocycles. The van der Waals surface area contributed by atoms with E-state index >= 15 is 0 Å². The molecule has 3 N–H and O–H groups in total. The number of pyridine rings is 1. The second kappa shape index (κ2) is 7.74. The summed E-state index contributed by atoms with van der Waals surface area (Å²) in [5.41, 5.74) is 9.38. The Morgan fingerprint density at radius 3 is 2.53 bits per heavy atom. The number of ether oxygens (including phenoxy) is 1. The number of nitrogens with two attached hydrogens (primary N) is 1. The third-order valence-electron chi connectivity index (χ3n) is 5.34. The highest BCUT2D eigenvalue weighted by molar-refractivity contribution is 5.84. The zero-order valence-corrected chi connectivity index (χ0v) is 16.3. The number of aromatic nitrogens is 1. The van der Waals surface area contributed by atoms with Crippen molar-refractivity contribution in [3.63, 3.8) is 0 Å². The number of nitrogens with zero attached hydrogens (tertiary/aromatic N) is 2. The monoisotopic (exact) mass is 409 g/mol. The number of aliphatic imine (C=N–C) groups is 1. The minimum absolute atomic E-state index is 0.0843. The molecule has 30 heavy (non-hydrogen) atoms. The average Bonchev–Trinajstić information content (AvgIpc) is 3.12. The van der Waals surface area contributed by atoms with Gasteiger partial charge in [0.15, 0.2) is 0 Å². The van der Waals surface area contributed by atoms with Crippen molar-refractivity contribution in [1.82, 2.24) is 4.98 Å². The predicted molar refractivity (Wildman–Crippen MR) is 111 cm³/mol. The Morgan fingerprint density at radius 1 is 1.07 bits per heavy atom. The largest absolute Gasteiger partial charge is 0.506 e. The van der Waals surface area contributed by atoms with Gasteiger partial charge in [-0.2, -0.15) is 8.78 Å². The Labute approximate surface area is 172 Å². The first kappa shape index (κ1) is 19.8. The number of aromatic hydroxyl groups is 1. The zero-order valence-electron chi connectivity index (χ0n) is 16.3. The summed E-state index contributed by atoms with van der Waals surface area (Å²) in [5.74, 6) is 0.768. The summed E-state index contributed by atoms with van der Waals surface area (Å²) in [4.78, 5) is 8.83. The van der Waals surface area contributed by atoms with Crippen LogP contribution >= 0.6 is 0 Å². The fraction of sp³-hybridized carbons (Fsp3) is 0.217. The molecule has 0 bridgehead atoms. The third-order valence-corrected chi connectivity index (χ3v) is 5.34. The second-order valence-electron chi connectivity index (χ2n) is 7.33. The van der Waals surface area contributed by atoms with Crippen molar-refractivity contribution in [2.45, 2.75) is 31.9 Å². The number of benzene rings is 2. The molecule has 7 heteroatoms. The molecule has 1 aliphatic rings. The van der Waals surface area contributed by atoms with Crippen molar-refractivity contribution in [1.29, 1.82) is 0 Å². The smallest absolute Gasteiger partial charge is 0.387 e. The Hall–Kier alpha value is -3.48. The first-order chi connectivity index (χ1) is 14.4. The van der Waals surface area contributed by atoms with Gasteiger partial charge in [0.1, 0.15) is 17.0 Å². The van der Waals surface area contributed by atoms with E-state index in [1.54, 1.807) is 31.3 Å². The molecule has 0 amide bonds. The summed E-state index contributed by atoms with van der Waals surface area (Å²) in [6.45, 7) is -1.15. The van der Waals surface area contributed by atoms with Crippen LogP contribution in [-0.4, -0.2) is 22.5 Å². The molecule has 4 rings (SSSR count). The van der Waals surface area contributed by atoms with Gasteiger partial charge in [-0.25, -0.2) is 0 Å². The number of aryl methyl sites for hydroxylation is 1. The Bertz CT molecular complexity index is 1120. The lowest BCUT2D eigenvalue weighted by molar-refractivity contribution is -0.0503. The van der Waals surface area contributed by atoms with Gasteiger partial charge in [0.25, 0.3) is 0 Å². The second-order valence-corrected chi connectivity index (χ2v) is 7.33. The first-order valence-corrected chi connectivity index (χ1v) is 9.52. The molecular weight excluding hydrogens is 388 g/mol. The summed E-state index contributed by atoms with van der Waals surface area (Å²) in [7, 11) is 0. The summed E-state index contributed by atoms with van der Waals surface area (Å²) in [5, 5.41) is 9.77. The number of halogens is 2. The minimum Gasteiger partial charge on any atom is -0.506 e. The average molecular weight is 409 g/mol. The molecule has 0 aliphatic carbocycles. The standard InChI is InChI=1S/C23H21F2N3O2/c1-14-9-18(5-6-20(14)30-22(24)25)23(8-7-21(26)28-23)17-4-2-3-15(10-17)16-11-19(29)13-27-12-16/h2-6,9-13,22,29H,7-8H2,1H3,(H2,26,28). The summed E-state index contributed by atoms with van der Waals surface area (Å²) < 4.78 is 29.9. The van der Waals surface area contributed by atoms with E-state index < -0.39 is 12.2 Å². The molecular formula is C23H21F2N3O2. The first-order valence-electron chi connectivity index (χ1n) is 9.52. The molecule has 154 valence electrons. The number of rotatable bonds is 5. The van der Waals surface area contributed by atoms with E-state index in [-0.39, 0.29) is 11.5 Å². The maximum Gasteiger partial charge on any atom is 0.387 e. The van der Waals surface area contributed by atoms with Crippen LogP contribution in [0, 0.1) is 6.92 Å². The molecule has 0 spiro atoms. The van der Waals surface area contributed by atoms with Gasteiger partial charge in [0.05, 0.1) is 12.0 Å². The molecule has 1 aromatic heterocycles. The Kier molecular flexibility index (Phi) is 5.11. The summed E-state index contributed by atoms with van der Waals surface area (Å²) in [6, 6.07) is 14.6. The fourth-order valence-corrected chi connectivity index (χ4v) is 3.93. The highest BCUT2D eigenvalue weighted by Crippen LogP contribution is 2.44. The van der Waals surface area contributed by atoms with Gasteiger partial charge < -0.3 is 15.6 Å². The third kappa shape index (κ3) is 3.70. The van der Waals surface area contributed by atoms with Gasteiger partial charge in [-0.3, -0.25) is 9.98 Å². The molecule has 2 aromatic carbocycles. The van der Waals surface area contributed by atoms with E-state index in [2.05, 4.69) is 9.72 Å². The van der Waals surface area contributed by atoms with Crippen LogP contribution in [0.2, 0.25) is 0 Å². The Morgan fingerprint density at radius 2 is 1.87 bits per heavy atom. The van der Waals surface area contributed by atoms with Crippen molar-refractivity contribution < 1.29 is 18.6 Å². The molecule has 0 radical (unpaired) electrons. The van der Waals surface area contributed by atoms with E-state index in [4.69, 9.17) is 10.7 Å². The van der Waals surface area contributed by atoms with Crippen LogP contribution in [0.25, 0.3) is 11.1 Å². The predicted octanol–water partition coefficient (Wildman–Crippen LogP) is 4.76. The van der Waals surface area contributed by atoms with Crippen LogP contribution in [0.5, 0.6) is 11.5 Å². The molecule has 1 atom stereocenters. The lowest BCUT2D eigenvalue weighted by atomic mass is 9.80. The van der Waals surface area contributed by atoms with Gasteiger partial charge >= 0.3 is 6.61 Å².